The third-order valence-electron chi connectivity index (χ3n) is 6.87. The molecule has 1 N–H and O–H groups in total. The maximum Gasteiger partial charge on any atom is 0.162 e. The molecule has 2 aliphatic carbocycles. The smallest absolute Gasteiger partial charge is 0.162 e. The third kappa shape index (κ3) is 5.00. The van der Waals surface area contributed by atoms with Crippen LogP contribution in [0.15, 0.2) is 30.3 Å². The molecule has 0 aliphatic heterocycles. The van der Waals surface area contributed by atoms with Gasteiger partial charge in [-0.15, -0.1) is 0 Å². The molecule has 2 fully saturated rings. The molecule has 0 saturated heterocycles. The Labute approximate surface area is 158 Å². The van der Waals surface area contributed by atoms with E-state index in [0.717, 1.165) is 24.7 Å². The summed E-state index contributed by atoms with van der Waals surface area (Å²) >= 11 is 0. The van der Waals surface area contributed by atoms with Crippen molar-refractivity contribution < 1.29 is 14.2 Å². The van der Waals surface area contributed by atoms with Crippen molar-refractivity contribution in [1.82, 2.24) is 0 Å². The van der Waals surface area contributed by atoms with Crippen molar-refractivity contribution in [2.45, 2.75) is 82.9 Å². The Bertz CT molecular complexity index is 516. The first-order chi connectivity index (χ1) is 12.6. The summed E-state index contributed by atoms with van der Waals surface area (Å²) in [6.07, 6.45) is 9.86. The minimum absolute atomic E-state index is 0.0622. The lowest BCUT2D eigenvalue weighted by atomic mass is 9.67. The van der Waals surface area contributed by atoms with Gasteiger partial charge < -0.3 is 9.84 Å². The van der Waals surface area contributed by atoms with E-state index in [4.69, 9.17) is 4.74 Å². The van der Waals surface area contributed by atoms with Gasteiger partial charge in [-0.2, -0.15) is 0 Å². The summed E-state index contributed by atoms with van der Waals surface area (Å²) in [7, 11) is 0. The molecule has 0 radical (unpaired) electrons. The Morgan fingerprint density at radius 3 is 2.27 bits per heavy atom. The van der Waals surface area contributed by atoms with E-state index in [0.29, 0.717) is 24.5 Å². The molecule has 1 aromatic rings. The molecule has 26 heavy (non-hydrogen) atoms. The highest BCUT2D eigenvalue weighted by molar-refractivity contribution is 5.21. The molecule has 0 aromatic heterocycles. The van der Waals surface area contributed by atoms with Gasteiger partial charge in [0.15, 0.2) is 6.17 Å². The Balaban J connectivity index is 1.43. The SMILES string of the molecule is CCCC1CCC(C2CCC(O)(C(F)COc3ccccc3)CC2)CC1. The minimum atomic E-state index is -1.32. The van der Waals surface area contributed by atoms with Gasteiger partial charge in [-0.05, 0) is 68.4 Å². The predicted octanol–water partition coefficient (Wildman–Crippen LogP) is 5.93. The Kier molecular flexibility index (Phi) is 6.97. The van der Waals surface area contributed by atoms with Crippen LogP contribution in [0.5, 0.6) is 5.75 Å². The molecule has 1 atom stereocenters. The minimum Gasteiger partial charge on any atom is -0.490 e. The number of hydrogen-bond acceptors (Lipinski definition) is 2. The maximum absolute atomic E-state index is 14.7. The molecule has 3 heteroatoms. The number of aliphatic hydroxyl groups is 1. The molecule has 3 rings (SSSR count). The van der Waals surface area contributed by atoms with Crippen LogP contribution < -0.4 is 4.74 Å². The van der Waals surface area contributed by atoms with Gasteiger partial charge in [0.2, 0.25) is 0 Å². The van der Waals surface area contributed by atoms with E-state index in [9.17, 15) is 9.50 Å². The average molecular weight is 363 g/mol. The number of hydrogen-bond donors (Lipinski definition) is 1. The van der Waals surface area contributed by atoms with Gasteiger partial charge in [0, 0.05) is 0 Å². The molecule has 2 aliphatic rings. The highest BCUT2D eigenvalue weighted by Crippen LogP contribution is 2.44. The Morgan fingerprint density at radius 1 is 1.04 bits per heavy atom. The van der Waals surface area contributed by atoms with Gasteiger partial charge in [0.25, 0.3) is 0 Å². The number of alkyl halides is 1. The second-order valence-corrected chi connectivity index (χ2v) is 8.60. The van der Waals surface area contributed by atoms with Crippen molar-refractivity contribution in [3.63, 3.8) is 0 Å². The zero-order valence-corrected chi connectivity index (χ0v) is 16.2. The maximum atomic E-state index is 14.7. The van der Waals surface area contributed by atoms with Crippen LogP contribution in [-0.2, 0) is 0 Å². The molecule has 1 unspecified atom stereocenters. The summed E-state index contributed by atoms with van der Waals surface area (Å²) in [4.78, 5) is 0. The van der Waals surface area contributed by atoms with Crippen LogP contribution in [0.4, 0.5) is 4.39 Å². The normalized spacial score (nSPS) is 33.6. The first-order valence-electron chi connectivity index (χ1n) is 10.6. The van der Waals surface area contributed by atoms with Crippen molar-refractivity contribution >= 4 is 0 Å². The Morgan fingerprint density at radius 2 is 1.65 bits per heavy atom. The molecule has 146 valence electrons. The van der Waals surface area contributed by atoms with Crippen LogP contribution in [0, 0.1) is 17.8 Å². The molecular weight excluding hydrogens is 327 g/mol. The van der Waals surface area contributed by atoms with Crippen LogP contribution in [0.3, 0.4) is 0 Å². The van der Waals surface area contributed by atoms with Gasteiger partial charge in [-0.25, -0.2) is 4.39 Å². The van der Waals surface area contributed by atoms with Crippen LogP contribution >= 0.6 is 0 Å². The fourth-order valence-electron chi connectivity index (χ4n) is 5.12. The zero-order chi connectivity index (χ0) is 18.4. The first-order valence-corrected chi connectivity index (χ1v) is 10.6. The van der Waals surface area contributed by atoms with Crippen LogP contribution in [0.2, 0.25) is 0 Å². The number of rotatable bonds is 7. The molecular formula is C23H35FO2. The van der Waals surface area contributed by atoms with E-state index >= 15 is 0 Å². The van der Waals surface area contributed by atoms with E-state index in [1.54, 1.807) is 0 Å². The summed E-state index contributed by atoms with van der Waals surface area (Å²) in [5.74, 6) is 3.07. The highest BCUT2D eigenvalue weighted by atomic mass is 19.1. The van der Waals surface area contributed by atoms with E-state index in [2.05, 4.69) is 6.92 Å². The number of benzene rings is 1. The van der Waals surface area contributed by atoms with Crippen molar-refractivity contribution in [3.8, 4) is 5.75 Å². The molecule has 0 spiro atoms. The van der Waals surface area contributed by atoms with Crippen molar-refractivity contribution in [1.29, 1.82) is 0 Å². The second kappa shape index (κ2) is 9.21. The largest absolute Gasteiger partial charge is 0.490 e. The molecule has 1 aromatic carbocycles. The number of halogens is 1. The fraction of sp³-hybridized carbons (Fsp3) is 0.739. The van der Waals surface area contributed by atoms with Gasteiger partial charge >= 0.3 is 0 Å². The highest BCUT2D eigenvalue weighted by Gasteiger charge is 2.43. The lowest BCUT2D eigenvalue weighted by Crippen LogP contribution is -2.46. The molecule has 2 saturated carbocycles. The van der Waals surface area contributed by atoms with Crippen LogP contribution in [-0.4, -0.2) is 23.5 Å². The lowest BCUT2D eigenvalue weighted by Gasteiger charge is -2.42. The van der Waals surface area contributed by atoms with E-state index in [1.807, 2.05) is 30.3 Å². The standard InChI is InChI=1S/C23H35FO2/c1-2-6-18-9-11-19(12-10-18)20-13-15-23(25,16-14-20)22(24)17-26-21-7-4-3-5-8-21/h3-5,7-8,18-20,22,25H,2,6,9-17H2,1H3. The Hall–Kier alpha value is -1.09. The number of para-hydroxylation sites is 1. The van der Waals surface area contributed by atoms with Gasteiger partial charge in [-0.1, -0.05) is 50.8 Å². The van der Waals surface area contributed by atoms with Crippen molar-refractivity contribution in [2.24, 2.45) is 17.8 Å². The van der Waals surface area contributed by atoms with Crippen LogP contribution in [0.1, 0.15) is 71.1 Å². The molecule has 0 heterocycles. The monoisotopic (exact) mass is 362 g/mol. The van der Waals surface area contributed by atoms with Crippen LogP contribution in [0.25, 0.3) is 0 Å². The predicted molar refractivity (Wildman–Crippen MR) is 104 cm³/mol. The first kappa shape index (κ1) is 19.7. The van der Waals surface area contributed by atoms with Gasteiger partial charge in [0.05, 0.1) is 5.60 Å². The molecule has 0 bridgehead atoms. The zero-order valence-electron chi connectivity index (χ0n) is 16.2. The molecule has 0 amide bonds. The van der Waals surface area contributed by atoms with Gasteiger partial charge in [-0.3, -0.25) is 0 Å². The average Bonchev–Trinajstić information content (AvgIpc) is 2.68. The summed E-state index contributed by atoms with van der Waals surface area (Å²) in [6.45, 7) is 2.22. The lowest BCUT2D eigenvalue weighted by molar-refractivity contribution is -0.0892. The summed E-state index contributed by atoms with van der Waals surface area (Å²) in [5.41, 5.74) is -1.20. The van der Waals surface area contributed by atoms with Crippen molar-refractivity contribution in [2.75, 3.05) is 6.61 Å². The summed E-state index contributed by atoms with van der Waals surface area (Å²) in [5, 5.41) is 10.8. The van der Waals surface area contributed by atoms with E-state index < -0.39 is 11.8 Å². The van der Waals surface area contributed by atoms with Crippen molar-refractivity contribution in [3.05, 3.63) is 30.3 Å². The third-order valence-corrected chi connectivity index (χ3v) is 6.87. The fourth-order valence-corrected chi connectivity index (χ4v) is 5.12. The quantitative estimate of drug-likeness (QED) is 0.651. The number of ether oxygens (including phenoxy) is 1. The molecule has 2 nitrogen and oxygen atoms in total. The summed E-state index contributed by atoms with van der Waals surface area (Å²) in [6, 6.07) is 9.30. The second-order valence-electron chi connectivity index (χ2n) is 8.60. The van der Waals surface area contributed by atoms with E-state index in [1.165, 1.54) is 38.5 Å². The van der Waals surface area contributed by atoms with E-state index in [-0.39, 0.29) is 6.61 Å². The summed E-state index contributed by atoms with van der Waals surface area (Å²) < 4.78 is 20.2. The topological polar surface area (TPSA) is 29.5 Å². The van der Waals surface area contributed by atoms with Gasteiger partial charge in [0.1, 0.15) is 12.4 Å².